The van der Waals surface area contributed by atoms with E-state index in [1.807, 2.05) is 24.3 Å². The standard InChI is InChI=1S/C13H12N4O/c18-13-12(10-3-1-2-4-11(10)17-13)15-6-5-9-7-14-8-16-9/h1-4,7-8H,5-6H2,(H,14,16)(H,15,17,18). The molecule has 1 amide bonds. The number of para-hydroxylation sites is 1. The molecule has 0 saturated heterocycles. The summed E-state index contributed by atoms with van der Waals surface area (Å²) in [5, 5.41) is 2.80. The van der Waals surface area contributed by atoms with Gasteiger partial charge in [0.05, 0.1) is 12.0 Å². The van der Waals surface area contributed by atoms with E-state index in [4.69, 9.17) is 0 Å². The topological polar surface area (TPSA) is 70.1 Å². The number of nitrogens with one attached hydrogen (secondary N) is 2. The quantitative estimate of drug-likeness (QED) is 0.851. The summed E-state index contributed by atoms with van der Waals surface area (Å²) in [5.74, 6) is -0.124. The zero-order valence-corrected chi connectivity index (χ0v) is 9.68. The second-order valence-electron chi connectivity index (χ2n) is 4.06. The first kappa shape index (κ1) is 10.7. The SMILES string of the molecule is O=C1Nc2ccccc2C1=NCCc1cnc[nH]1. The van der Waals surface area contributed by atoms with Crippen LogP contribution in [0.3, 0.4) is 0 Å². The minimum absolute atomic E-state index is 0.124. The van der Waals surface area contributed by atoms with E-state index < -0.39 is 0 Å². The van der Waals surface area contributed by atoms with Gasteiger partial charge in [0, 0.05) is 30.4 Å². The number of hydrogen-bond acceptors (Lipinski definition) is 3. The molecule has 0 unspecified atom stereocenters. The fourth-order valence-corrected chi connectivity index (χ4v) is 1.97. The Kier molecular flexibility index (Phi) is 2.64. The molecular weight excluding hydrogens is 228 g/mol. The molecule has 90 valence electrons. The third-order valence-corrected chi connectivity index (χ3v) is 2.85. The van der Waals surface area contributed by atoms with Crippen molar-refractivity contribution >= 4 is 17.3 Å². The Labute approximate surface area is 104 Å². The number of aromatic nitrogens is 2. The number of H-pyrrole nitrogens is 1. The highest BCUT2D eigenvalue weighted by atomic mass is 16.2. The average molecular weight is 240 g/mol. The Bertz CT molecular complexity index is 601. The number of imidazole rings is 1. The Hall–Kier alpha value is -2.43. The first-order chi connectivity index (χ1) is 8.84. The van der Waals surface area contributed by atoms with Gasteiger partial charge in [0.1, 0.15) is 5.71 Å². The summed E-state index contributed by atoms with van der Waals surface area (Å²) in [6.45, 7) is 0.569. The summed E-state index contributed by atoms with van der Waals surface area (Å²) < 4.78 is 0. The third kappa shape index (κ3) is 1.90. The van der Waals surface area contributed by atoms with E-state index in [-0.39, 0.29) is 5.91 Å². The lowest BCUT2D eigenvalue weighted by atomic mass is 10.1. The van der Waals surface area contributed by atoms with Crippen molar-refractivity contribution in [2.45, 2.75) is 6.42 Å². The molecule has 18 heavy (non-hydrogen) atoms. The lowest BCUT2D eigenvalue weighted by Crippen LogP contribution is -2.15. The molecule has 0 fully saturated rings. The van der Waals surface area contributed by atoms with Gasteiger partial charge in [-0.1, -0.05) is 18.2 Å². The number of aromatic amines is 1. The highest BCUT2D eigenvalue weighted by Crippen LogP contribution is 2.22. The van der Waals surface area contributed by atoms with Crippen LogP contribution in [0.15, 0.2) is 41.8 Å². The van der Waals surface area contributed by atoms with Crippen molar-refractivity contribution in [3.8, 4) is 0 Å². The van der Waals surface area contributed by atoms with Crippen LogP contribution in [0.2, 0.25) is 0 Å². The normalized spacial score (nSPS) is 15.8. The Balaban J connectivity index is 1.78. The Morgan fingerprint density at radius 3 is 3.00 bits per heavy atom. The number of hydrogen-bond donors (Lipinski definition) is 2. The van der Waals surface area contributed by atoms with Gasteiger partial charge >= 0.3 is 0 Å². The molecule has 0 aliphatic carbocycles. The summed E-state index contributed by atoms with van der Waals surface area (Å²) in [5.41, 5.74) is 3.26. The average Bonchev–Trinajstić information content (AvgIpc) is 2.98. The number of fused-ring (bicyclic) bond motifs is 1. The van der Waals surface area contributed by atoms with Crippen LogP contribution in [-0.4, -0.2) is 28.1 Å². The van der Waals surface area contributed by atoms with Crippen LogP contribution in [0.25, 0.3) is 0 Å². The number of aliphatic imine (C=N–C) groups is 1. The molecule has 0 spiro atoms. The molecule has 3 rings (SSSR count). The van der Waals surface area contributed by atoms with E-state index in [1.165, 1.54) is 0 Å². The van der Waals surface area contributed by atoms with E-state index in [0.29, 0.717) is 12.3 Å². The maximum Gasteiger partial charge on any atom is 0.274 e. The molecular formula is C13H12N4O. The highest BCUT2D eigenvalue weighted by Gasteiger charge is 2.24. The highest BCUT2D eigenvalue weighted by molar-refractivity contribution is 6.53. The molecule has 2 aromatic rings. The molecule has 1 aromatic heterocycles. The summed E-state index contributed by atoms with van der Waals surface area (Å²) in [4.78, 5) is 23.1. The third-order valence-electron chi connectivity index (χ3n) is 2.85. The van der Waals surface area contributed by atoms with Crippen LogP contribution < -0.4 is 5.32 Å². The van der Waals surface area contributed by atoms with Crippen molar-refractivity contribution in [2.75, 3.05) is 11.9 Å². The maximum absolute atomic E-state index is 11.8. The second-order valence-corrected chi connectivity index (χ2v) is 4.06. The number of nitrogens with zero attached hydrogens (tertiary/aromatic N) is 2. The molecule has 0 bridgehead atoms. The number of anilines is 1. The predicted octanol–water partition coefficient (Wildman–Crippen LogP) is 1.39. The predicted molar refractivity (Wildman–Crippen MR) is 68.8 cm³/mol. The van der Waals surface area contributed by atoms with Crippen LogP contribution in [-0.2, 0) is 11.2 Å². The largest absolute Gasteiger partial charge is 0.348 e. The van der Waals surface area contributed by atoms with Gasteiger partial charge in [0.2, 0.25) is 0 Å². The van der Waals surface area contributed by atoms with E-state index in [0.717, 1.165) is 23.4 Å². The van der Waals surface area contributed by atoms with Gasteiger partial charge in [-0.15, -0.1) is 0 Å². The zero-order valence-electron chi connectivity index (χ0n) is 9.68. The van der Waals surface area contributed by atoms with Gasteiger partial charge in [0.15, 0.2) is 0 Å². The molecule has 2 heterocycles. The van der Waals surface area contributed by atoms with Crippen LogP contribution >= 0.6 is 0 Å². The van der Waals surface area contributed by atoms with Gasteiger partial charge in [-0.05, 0) is 6.07 Å². The number of benzene rings is 1. The summed E-state index contributed by atoms with van der Waals surface area (Å²) in [6.07, 6.45) is 4.15. The van der Waals surface area contributed by atoms with Gasteiger partial charge in [-0.2, -0.15) is 0 Å². The summed E-state index contributed by atoms with van der Waals surface area (Å²) >= 11 is 0. The maximum atomic E-state index is 11.8. The lowest BCUT2D eigenvalue weighted by Gasteiger charge is -1.97. The smallest absolute Gasteiger partial charge is 0.274 e. The Morgan fingerprint density at radius 1 is 1.28 bits per heavy atom. The number of amides is 1. The molecule has 5 heteroatoms. The molecule has 1 aliphatic heterocycles. The van der Waals surface area contributed by atoms with Crippen molar-refractivity contribution in [3.05, 3.63) is 48.0 Å². The zero-order chi connectivity index (χ0) is 12.4. The fraction of sp³-hybridized carbons (Fsp3) is 0.154. The first-order valence-corrected chi connectivity index (χ1v) is 5.77. The molecule has 0 saturated carbocycles. The van der Waals surface area contributed by atoms with Crippen LogP contribution in [0.1, 0.15) is 11.3 Å². The monoisotopic (exact) mass is 240 g/mol. The van der Waals surface area contributed by atoms with Gasteiger partial charge < -0.3 is 10.3 Å². The van der Waals surface area contributed by atoms with Crippen molar-refractivity contribution < 1.29 is 4.79 Å². The molecule has 0 atom stereocenters. The van der Waals surface area contributed by atoms with Crippen molar-refractivity contribution in [2.24, 2.45) is 4.99 Å². The summed E-state index contributed by atoms with van der Waals surface area (Å²) in [7, 11) is 0. The molecule has 2 N–H and O–H groups in total. The number of carbonyl (C=O) groups is 1. The van der Waals surface area contributed by atoms with Crippen molar-refractivity contribution in [3.63, 3.8) is 0 Å². The fourth-order valence-electron chi connectivity index (χ4n) is 1.97. The number of carbonyl (C=O) groups excluding carboxylic acids is 1. The molecule has 0 radical (unpaired) electrons. The van der Waals surface area contributed by atoms with E-state index in [9.17, 15) is 4.79 Å². The van der Waals surface area contributed by atoms with Crippen LogP contribution in [0.4, 0.5) is 5.69 Å². The molecule has 5 nitrogen and oxygen atoms in total. The molecule has 1 aromatic carbocycles. The minimum atomic E-state index is -0.124. The van der Waals surface area contributed by atoms with Crippen LogP contribution in [0, 0.1) is 0 Å². The first-order valence-electron chi connectivity index (χ1n) is 5.77. The van der Waals surface area contributed by atoms with Crippen molar-refractivity contribution in [1.29, 1.82) is 0 Å². The molecule has 1 aliphatic rings. The van der Waals surface area contributed by atoms with Gasteiger partial charge in [0.25, 0.3) is 5.91 Å². The van der Waals surface area contributed by atoms with E-state index in [2.05, 4.69) is 20.3 Å². The van der Waals surface area contributed by atoms with Crippen molar-refractivity contribution in [1.82, 2.24) is 9.97 Å². The number of rotatable bonds is 3. The van der Waals surface area contributed by atoms with Gasteiger partial charge in [-0.25, -0.2) is 4.98 Å². The minimum Gasteiger partial charge on any atom is -0.348 e. The van der Waals surface area contributed by atoms with Crippen LogP contribution in [0.5, 0.6) is 0 Å². The summed E-state index contributed by atoms with van der Waals surface area (Å²) in [6, 6.07) is 7.59. The lowest BCUT2D eigenvalue weighted by molar-refractivity contribution is -0.110. The van der Waals surface area contributed by atoms with Gasteiger partial charge in [-0.3, -0.25) is 9.79 Å². The second kappa shape index (κ2) is 4.44. The van der Waals surface area contributed by atoms with E-state index >= 15 is 0 Å². The Morgan fingerprint density at radius 2 is 2.17 bits per heavy atom. The van der Waals surface area contributed by atoms with E-state index in [1.54, 1.807) is 12.5 Å².